The van der Waals surface area contributed by atoms with E-state index in [0.29, 0.717) is 13.2 Å². The molecule has 1 atom stereocenters. The van der Waals surface area contributed by atoms with Gasteiger partial charge >= 0.3 is 6.09 Å². The summed E-state index contributed by atoms with van der Waals surface area (Å²) in [5, 5.41) is 2.63. The number of ether oxygens (including phenoxy) is 2. The predicted octanol–water partition coefficient (Wildman–Crippen LogP) is 5.59. The molecule has 1 N–H and O–H groups in total. The van der Waals surface area contributed by atoms with Gasteiger partial charge in [-0.1, -0.05) is 90.4 Å². The zero-order valence-electron chi connectivity index (χ0n) is 15.8. The molecule has 1 unspecified atom stereocenters. The Morgan fingerprint density at radius 2 is 1.38 bits per heavy atom. The molecule has 0 aromatic carbocycles. The van der Waals surface area contributed by atoms with Gasteiger partial charge in [0.05, 0.1) is 13.2 Å². The molecular formula is C20H39NO3. The number of amides is 1. The van der Waals surface area contributed by atoms with Crippen LogP contribution in [0, 0.1) is 0 Å². The minimum atomic E-state index is -0.319. The van der Waals surface area contributed by atoms with Crippen molar-refractivity contribution in [1.82, 2.24) is 5.32 Å². The summed E-state index contributed by atoms with van der Waals surface area (Å²) >= 11 is 0. The summed E-state index contributed by atoms with van der Waals surface area (Å²) in [5.74, 6) is 0. The zero-order chi connectivity index (χ0) is 17.3. The molecule has 0 aromatic heterocycles. The van der Waals surface area contributed by atoms with Gasteiger partial charge in [-0.25, -0.2) is 4.79 Å². The minimum Gasteiger partial charge on any atom is -0.442 e. The molecule has 142 valence electrons. The summed E-state index contributed by atoms with van der Waals surface area (Å²) in [7, 11) is 0. The molecule has 1 heterocycles. The maximum atomic E-state index is 10.8. The van der Waals surface area contributed by atoms with Crippen molar-refractivity contribution < 1.29 is 14.3 Å². The topological polar surface area (TPSA) is 47.6 Å². The van der Waals surface area contributed by atoms with Gasteiger partial charge in [0.15, 0.2) is 0 Å². The van der Waals surface area contributed by atoms with Crippen molar-refractivity contribution >= 4 is 6.09 Å². The lowest BCUT2D eigenvalue weighted by molar-refractivity contribution is 0.0443. The number of nitrogens with one attached hydrogen (secondary N) is 1. The highest BCUT2D eigenvalue weighted by Gasteiger charge is 2.21. The van der Waals surface area contributed by atoms with Crippen LogP contribution in [0.25, 0.3) is 0 Å². The largest absolute Gasteiger partial charge is 0.442 e. The lowest BCUT2D eigenvalue weighted by Crippen LogP contribution is -2.20. The summed E-state index contributed by atoms with van der Waals surface area (Å²) in [4.78, 5) is 10.8. The molecule has 0 saturated carbocycles. The summed E-state index contributed by atoms with van der Waals surface area (Å²) in [6, 6.07) is 0. The standard InChI is InChI=1S/C20H39NO3/c1-2-3-4-5-6-7-8-9-10-11-12-13-14-15-16-23-18-19-17-21-20(22)24-19/h19H,2-18H2,1H3,(H,21,22). The van der Waals surface area contributed by atoms with Crippen molar-refractivity contribution in [1.29, 1.82) is 0 Å². The predicted molar refractivity (Wildman–Crippen MR) is 99.4 cm³/mol. The van der Waals surface area contributed by atoms with E-state index < -0.39 is 0 Å². The minimum absolute atomic E-state index is 0.0934. The van der Waals surface area contributed by atoms with Crippen molar-refractivity contribution in [3.8, 4) is 0 Å². The average Bonchev–Trinajstić information content (AvgIpc) is 3.00. The number of rotatable bonds is 17. The maximum absolute atomic E-state index is 10.8. The highest BCUT2D eigenvalue weighted by molar-refractivity contribution is 5.69. The van der Waals surface area contributed by atoms with Crippen molar-refractivity contribution in [2.24, 2.45) is 0 Å². The van der Waals surface area contributed by atoms with E-state index in [1.165, 1.54) is 83.5 Å². The van der Waals surface area contributed by atoms with Crippen LogP contribution in [0.4, 0.5) is 4.79 Å². The van der Waals surface area contributed by atoms with Crippen LogP contribution in [-0.4, -0.2) is 32.0 Å². The summed E-state index contributed by atoms with van der Waals surface area (Å²) < 4.78 is 10.6. The summed E-state index contributed by atoms with van der Waals surface area (Å²) in [6.45, 7) is 4.17. The van der Waals surface area contributed by atoms with Crippen molar-refractivity contribution in [3.63, 3.8) is 0 Å². The number of alkyl carbamates (subject to hydrolysis) is 1. The van der Waals surface area contributed by atoms with Gasteiger partial charge in [0.2, 0.25) is 0 Å². The van der Waals surface area contributed by atoms with Crippen molar-refractivity contribution in [2.45, 2.75) is 103 Å². The van der Waals surface area contributed by atoms with E-state index in [1.807, 2.05) is 0 Å². The number of hydrogen-bond acceptors (Lipinski definition) is 3. The second kappa shape index (κ2) is 15.7. The molecule has 0 bridgehead atoms. The second-order valence-electron chi connectivity index (χ2n) is 7.08. The molecule has 24 heavy (non-hydrogen) atoms. The SMILES string of the molecule is CCCCCCCCCCCCCCCCOCC1CNC(=O)O1. The van der Waals surface area contributed by atoms with Crippen LogP contribution in [0.2, 0.25) is 0 Å². The number of hydrogen-bond donors (Lipinski definition) is 1. The van der Waals surface area contributed by atoms with Gasteiger partial charge in [-0.3, -0.25) is 0 Å². The fraction of sp³-hybridized carbons (Fsp3) is 0.950. The molecule has 1 rings (SSSR count). The molecule has 0 spiro atoms. The van der Waals surface area contributed by atoms with Crippen LogP contribution in [0.5, 0.6) is 0 Å². The van der Waals surface area contributed by atoms with Crippen LogP contribution < -0.4 is 5.32 Å². The molecule has 1 saturated heterocycles. The van der Waals surface area contributed by atoms with E-state index in [4.69, 9.17) is 9.47 Å². The molecule has 1 aliphatic rings. The van der Waals surface area contributed by atoms with Gasteiger partial charge in [-0.2, -0.15) is 0 Å². The fourth-order valence-corrected chi connectivity index (χ4v) is 3.14. The van der Waals surface area contributed by atoms with Crippen LogP contribution >= 0.6 is 0 Å². The molecule has 0 aliphatic carbocycles. The van der Waals surface area contributed by atoms with E-state index in [2.05, 4.69) is 12.2 Å². The van der Waals surface area contributed by atoms with Crippen molar-refractivity contribution in [3.05, 3.63) is 0 Å². The molecule has 0 aromatic rings. The van der Waals surface area contributed by atoms with Gasteiger partial charge in [-0.05, 0) is 6.42 Å². The van der Waals surface area contributed by atoms with E-state index in [1.54, 1.807) is 0 Å². The maximum Gasteiger partial charge on any atom is 0.407 e. The van der Waals surface area contributed by atoms with Gasteiger partial charge < -0.3 is 14.8 Å². The smallest absolute Gasteiger partial charge is 0.407 e. The van der Waals surface area contributed by atoms with Crippen LogP contribution in [0.15, 0.2) is 0 Å². The quantitative estimate of drug-likeness (QED) is 0.351. The Hall–Kier alpha value is -0.770. The first-order valence-electron chi connectivity index (χ1n) is 10.3. The van der Waals surface area contributed by atoms with E-state index >= 15 is 0 Å². The molecule has 1 aliphatic heterocycles. The number of carbonyl (C=O) groups is 1. The van der Waals surface area contributed by atoms with Gasteiger partial charge in [-0.15, -0.1) is 0 Å². The molecule has 1 amide bonds. The van der Waals surface area contributed by atoms with E-state index in [-0.39, 0.29) is 12.2 Å². The monoisotopic (exact) mass is 341 g/mol. The third kappa shape index (κ3) is 12.6. The Kier molecular flexibility index (Phi) is 14.0. The lowest BCUT2D eigenvalue weighted by Gasteiger charge is -2.08. The Labute approximate surface area is 149 Å². The van der Waals surface area contributed by atoms with Gasteiger partial charge in [0.25, 0.3) is 0 Å². The van der Waals surface area contributed by atoms with E-state index in [9.17, 15) is 4.79 Å². The third-order valence-electron chi connectivity index (χ3n) is 4.69. The van der Waals surface area contributed by atoms with Crippen molar-refractivity contribution in [2.75, 3.05) is 19.8 Å². The first-order chi connectivity index (χ1) is 11.8. The Morgan fingerprint density at radius 1 is 0.875 bits per heavy atom. The summed E-state index contributed by atoms with van der Waals surface area (Å²) in [5.41, 5.74) is 0. The number of carbonyl (C=O) groups excluding carboxylic acids is 1. The molecule has 1 fully saturated rings. The third-order valence-corrected chi connectivity index (χ3v) is 4.69. The molecular weight excluding hydrogens is 302 g/mol. The van der Waals surface area contributed by atoms with Crippen LogP contribution in [0.1, 0.15) is 96.8 Å². The number of cyclic esters (lactones) is 1. The molecule has 4 nitrogen and oxygen atoms in total. The number of unbranched alkanes of at least 4 members (excludes halogenated alkanes) is 13. The van der Waals surface area contributed by atoms with Gasteiger partial charge in [0.1, 0.15) is 6.10 Å². The fourth-order valence-electron chi connectivity index (χ4n) is 3.14. The average molecular weight is 342 g/mol. The van der Waals surface area contributed by atoms with Crippen LogP contribution in [-0.2, 0) is 9.47 Å². The first kappa shape index (κ1) is 21.3. The lowest BCUT2D eigenvalue weighted by atomic mass is 10.0. The van der Waals surface area contributed by atoms with Crippen LogP contribution in [0.3, 0.4) is 0 Å². The zero-order valence-corrected chi connectivity index (χ0v) is 15.8. The molecule has 4 heteroatoms. The highest BCUT2D eigenvalue weighted by atomic mass is 16.6. The Bertz CT molecular complexity index is 297. The molecule has 0 radical (unpaired) electrons. The van der Waals surface area contributed by atoms with Gasteiger partial charge in [0, 0.05) is 6.61 Å². The Balaban J connectivity index is 1.67. The highest BCUT2D eigenvalue weighted by Crippen LogP contribution is 2.13. The van der Waals surface area contributed by atoms with E-state index in [0.717, 1.165) is 13.0 Å². The normalized spacial score (nSPS) is 17.0. The summed E-state index contributed by atoms with van der Waals surface area (Å²) in [6.07, 6.45) is 18.8. The first-order valence-corrected chi connectivity index (χ1v) is 10.3. The second-order valence-corrected chi connectivity index (χ2v) is 7.08. The Morgan fingerprint density at radius 3 is 1.83 bits per heavy atom.